The minimum Gasteiger partial charge on any atom is -0.312 e. The number of halogens is 1. The van der Waals surface area contributed by atoms with Crippen LogP contribution in [0.1, 0.15) is 30.4 Å². The molecule has 0 aliphatic heterocycles. The molecule has 0 fully saturated rings. The van der Waals surface area contributed by atoms with Crippen LogP contribution >= 0.6 is 15.9 Å². The zero-order valence-corrected chi connectivity index (χ0v) is 12.0. The lowest BCUT2D eigenvalue weighted by molar-refractivity contribution is 0.440. The maximum absolute atomic E-state index is 3.62. The van der Waals surface area contributed by atoms with Crippen molar-refractivity contribution < 1.29 is 0 Å². The van der Waals surface area contributed by atoms with Crippen LogP contribution in [0, 0.1) is 12.8 Å². The summed E-state index contributed by atoms with van der Waals surface area (Å²) < 4.78 is 1.22. The number of nitrogens with one attached hydrogen (secondary N) is 1. The van der Waals surface area contributed by atoms with E-state index in [1.54, 1.807) is 0 Å². The predicted octanol–water partition coefficient (Wildman–Crippen LogP) is 4.20. The quantitative estimate of drug-likeness (QED) is 0.821. The molecule has 0 saturated heterocycles. The van der Waals surface area contributed by atoms with Crippen LogP contribution in [0.4, 0.5) is 0 Å². The molecule has 92 valence electrons. The zero-order valence-electron chi connectivity index (χ0n) is 10.4. The second-order valence-electron chi connectivity index (χ2n) is 4.88. The molecule has 1 aliphatic rings. The van der Waals surface area contributed by atoms with E-state index in [4.69, 9.17) is 0 Å². The van der Waals surface area contributed by atoms with Crippen LogP contribution in [0.3, 0.4) is 0 Å². The van der Waals surface area contributed by atoms with Gasteiger partial charge in [-0.05, 0) is 55.8 Å². The van der Waals surface area contributed by atoms with Crippen molar-refractivity contribution in [2.45, 2.75) is 32.7 Å². The van der Waals surface area contributed by atoms with Crippen LogP contribution in [-0.2, 0) is 6.54 Å². The van der Waals surface area contributed by atoms with Gasteiger partial charge in [-0.2, -0.15) is 0 Å². The molecule has 0 amide bonds. The standard InChI is InChI=1S/C15H20BrN/c1-12-7-8-14(15(16)9-12)11-17-10-13-5-3-2-4-6-13/h2-3,7-9,13,17H,4-6,10-11H2,1H3. The Morgan fingerprint density at radius 2 is 2.24 bits per heavy atom. The van der Waals surface area contributed by atoms with Crippen molar-refractivity contribution in [2.24, 2.45) is 5.92 Å². The van der Waals surface area contributed by atoms with Crippen molar-refractivity contribution in [3.05, 3.63) is 46.0 Å². The molecule has 0 spiro atoms. The summed E-state index contributed by atoms with van der Waals surface area (Å²) in [6.07, 6.45) is 8.44. The highest BCUT2D eigenvalue weighted by Gasteiger charge is 2.09. The lowest BCUT2D eigenvalue weighted by Crippen LogP contribution is -2.23. The van der Waals surface area contributed by atoms with Gasteiger partial charge in [0.1, 0.15) is 0 Å². The predicted molar refractivity (Wildman–Crippen MR) is 77.1 cm³/mol. The molecular formula is C15H20BrN. The van der Waals surface area contributed by atoms with Gasteiger partial charge >= 0.3 is 0 Å². The smallest absolute Gasteiger partial charge is 0.0222 e. The van der Waals surface area contributed by atoms with E-state index in [1.165, 1.54) is 34.9 Å². The molecule has 0 saturated carbocycles. The van der Waals surface area contributed by atoms with Gasteiger partial charge in [-0.1, -0.05) is 40.2 Å². The van der Waals surface area contributed by atoms with E-state index in [0.29, 0.717) is 0 Å². The van der Waals surface area contributed by atoms with Gasteiger partial charge in [-0.15, -0.1) is 0 Å². The van der Waals surface area contributed by atoms with E-state index in [9.17, 15) is 0 Å². The molecule has 2 rings (SSSR count). The molecule has 0 heterocycles. The average molecular weight is 294 g/mol. The minimum absolute atomic E-state index is 0.823. The first-order valence-corrected chi connectivity index (χ1v) is 7.16. The first kappa shape index (κ1) is 12.8. The second-order valence-corrected chi connectivity index (χ2v) is 5.73. The maximum atomic E-state index is 3.62. The summed E-state index contributed by atoms with van der Waals surface area (Å²) in [5.74, 6) is 0.823. The van der Waals surface area contributed by atoms with Crippen LogP contribution < -0.4 is 5.32 Å². The molecule has 2 heteroatoms. The van der Waals surface area contributed by atoms with Crippen molar-refractivity contribution in [2.75, 3.05) is 6.54 Å². The summed E-state index contributed by atoms with van der Waals surface area (Å²) in [6.45, 7) is 4.21. The van der Waals surface area contributed by atoms with Crippen LogP contribution in [-0.4, -0.2) is 6.54 Å². The molecule has 0 radical (unpaired) electrons. The van der Waals surface area contributed by atoms with Gasteiger partial charge in [0.15, 0.2) is 0 Å². The van der Waals surface area contributed by atoms with E-state index in [-0.39, 0.29) is 0 Å². The third-order valence-electron chi connectivity index (χ3n) is 3.33. The summed E-state index contributed by atoms with van der Waals surface area (Å²) >= 11 is 3.62. The van der Waals surface area contributed by atoms with Gasteiger partial charge < -0.3 is 5.32 Å². The Hall–Kier alpha value is -0.600. The van der Waals surface area contributed by atoms with Crippen LogP contribution in [0.15, 0.2) is 34.8 Å². The average Bonchev–Trinajstić information content (AvgIpc) is 2.33. The monoisotopic (exact) mass is 293 g/mol. The Bertz CT molecular complexity index is 398. The second kappa shape index (κ2) is 6.36. The van der Waals surface area contributed by atoms with Gasteiger partial charge in [0, 0.05) is 11.0 Å². The molecule has 1 aromatic rings. The highest BCUT2D eigenvalue weighted by molar-refractivity contribution is 9.10. The van der Waals surface area contributed by atoms with Gasteiger partial charge in [0.05, 0.1) is 0 Å². The van der Waals surface area contributed by atoms with Crippen LogP contribution in [0.2, 0.25) is 0 Å². The van der Waals surface area contributed by atoms with Gasteiger partial charge in [0.2, 0.25) is 0 Å². The number of hydrogen-bond acceptors (Lipinski definition) is 1. The SMILES string of the molecule is Cc1ccc(CNCC2CC=CCC2)c(Br)c1. The summed E-state index contributed by atoms with van der Waals surface area (Å²) in [7, 11) is 0. The maximum Gasteiger partial charge on any atom is 0.0222 e. The minimum atomic E-state index is 0.823. The highest BCUT2D eigenvalue weighted by atomic mass is 79.9. The van der Waals surface area contributed by atoms with E-state index in [2.05, 4.69) is 58.5 Å². The molecule has 17 heavy (non-hydrogen) atoms. The molecule has 1 unspecified atom stereocenters. The zero-order chi connectivity index (χ0) is 12.1. The Morgan fingerprint density at radius 3 is 2.94 bits per heavy atom. The number of aryl methyl sites for hydroxylation is 1. The fraction of sp³-hybridized carbons (Fsp3) is 0.467. The largest absolute Gasteiger partial charge is 0.312 e. The summed E-state index contributed by atoms with van der Waals surface area (Å²) in [4.78, 5) is 0. The van der Waals surface area contributed by atoms with Crippen molar-refractivity contribution in [1.29, 1.82) is 0 Å². The molecule has 0 aromatic heterocycles. The number of allylic oxidation sites excluding steroid dienone is 2. The van der Waals surface area contributed by atoms with Crippen molar-refractivity contribution in [3.8, 4) is 0 Å². The Labute approximate surface area is 112 Å². The summed E-state index contributed by atoms with van der Waals surface area (Å²) in [6, 6.07) is 6.55. The Kier molecular flexibility index (Phi) is 4.81. The summed E-state index contributed by atoms with van der Waals surface area (Å²) in [5, 5.41) is 3.57. The number of benzene rings is 1. The van der Waals surface area contributed by atoms with Gasteiger partial charge in [-0.3, -0.25) is 0 Å². The molecule has 1 atom stereocenters. The molecular weight excluding hydrogens is 274 g/mol. The topological polar surface area (TPSA) is 12.0 Å². The third kappa shape index (κ3) is 3.97. The van der Waals surface area contributed by atoms with Crippen LogP contribution in [0.5, 0.6) is 0 Å². The normalized spacial score (nSPS) is 19.5. The van der Waals surface area contributed by atoms with Crippen molar-refractivity contribution in [3.63, 3.8) is 0 Å². The number of rotatable bonds is 4. The fourth-order valence-corrected chi connectivity index (χ4v) is 2.88. The molecule has 1 N–H and O–H groups in total. The fourth-order valence-electron chi connectivity index (χ4n) is 2.25. The third-order valence-corrected chi connectivity index (χ3v) is 4.07. The Balaban J connectivity index is 1.79. The molecule has 0 bridgehead atoms. The van der Waals surface area contributed by atoms with E-state index in [0.717, 1.165) is 19.0 Å². The van der Waals surface area contributed by atoms with Crippen molar-refractivity contribution in [1.82, 2.24) is 5.32 Å². The molecule has 1 nitrogen and oxygen atoms in total. The van der Waals surface area contributed by atoms with E-state index >= 15 is 0 Å². The van der Waals surface area contributed by atoms with E-state index < -0.39 is 0 Å². The lowest BCUT2D eigenvalue weighted by atomic mass is 9.94. The van der Waals surface area contributed by atoms with Gasteiger partial charge in [-0.25, -0.2) is 0 Å². The van der Waals surface area contributed by atoms with E-state index in [1.807, 2.05) is 0 Å². The van der Waals surface area contributed by atoms with Gasteiger partial charge in [0.25, 0.3) is 0 Å². The highest BCUT2D eigenvalue weighted by Crippen LogP contribution is 2.19. The number of hydrogen-bond donors (Lipinski definition) is 1. The van der Waals surface area contributed by atoms with Crippen molar-refractivity contribution >= 4 is 15.9 Å². The lowest BCUT2D eigenvalue weighted by Gasteiger charge is -2.18. The first-order chi connectivity index (χ1) is 8.25. The molecule has 1 aliphatic carbocycles. The van der Waals surface area contributed by atoms with Crippen LogP contribution in [0.25, 0.3) is 0 Å². The molecule has 1 aromatic carbocycles. The summed E-state index contributed by atoms with van der Waals surface area (Å²) in [5.41, 5.74) is 2.65. The first-order valence-electron chi connectivity index (χ1n) is 6.36. The Morgan fingerprint density at radius 1 is 1.35 bits per heavy atom.